The number of Topliss-reactive ketones (excluding diaryl/α,β-unsaturated/α-hetero) is 1. The van der Waals surface area contributed by atoms with Crippen LogP contribution in [-0.2, 0) is 4.79 Å². The second kappa shape index (κ2) is 4.91. The van der Waals surface area contributed by atoms with Gasteiger partial charge in [-0.25, -0.2) is 0 Å². The van der Waals surface area contributed by atoms with E-state index in [1.54, 1.807) is 0 Å². The average Bonchev–Trinajstić information content (AvgIpc) is 2.93. The first kappa shape index (κ1) is 12.6. The first-order valence-electron chi connectivity index (χ1n) is 7.54. The normalized spacial score (nSPS) is 43.8. The van der Waals surface area contributed by atoms with Gasteiger partial charge in [0.1, 0.15) is 5.78 Å². The van der Waals surface area contributed by atoms with Crippen molar-refractivity contribution in [3.8, 4) is 0 Å². The van der Waals surface area contributed by atoms with Gasteiger partial charge in [-0.2, -0.15) is 0 Å². The van der Waals surface area contributed by atoms with E-state index in [9.17, 15) is 4.79 Å². The highest BCUT2D eigenvalue weighted by Crippen LogP contribution is 2.43. The summed E-state index contributed by atoms with van der Waals surface area (Å²) >= 11 is 0. The number of carbonyl (C=O) groups is 1. The molecule has 3 fully saturated rings. The molecule has 3 heterocycles. The van der Waals surface area contributed by atoms with Crippen molar-refractivity contribution in [2.75, 3.05) is 13.1 Å². The van der Waals surface area contributed by atoms with Crippen LogP contribution < -0.4 is 10.6 Å². The Labute approximate surface area is 109 Å². The predicted molar refractivity (Wildman–Crippen MR) is 71.0 cm³/mol. The third kappa shape index (κ3) is 1.82. The van der Waals surface area contributed by atoms with Gasteiger partial charge in [-0.3, -0.25) is 15.0 Å². The van der Waals surface area contributed by atoms with Gasteiger partial charge in [0.05, 0.1) is 18.4 Å². The van der Waals surface area contributed by atoms with E-state index >= 15 is 0 Å². The maximum atomic E-state index is 12.1. The number of fused-ring (bicyclic) bond motifs is 3. The zero-order chi connectivity index (χ0) is 12.7. The fourth-order valence-corrected chi connectivity index (χ4v) is 4.30. The third-order valence-corrected chi connectivity index (χ3v) is 5.15. The molecule has 18 heavy (non-hydrogen) atoms. The molecule has 102 valence electrons. The highest BCUT2D eigenvalue weighted by Gasteiger charge is 2.53. The van der Waals surface area contributed by atoms with E-state index in [0.717, 1.165) is 25.4 Å². The minimum absolute atomic E-state index is 0.172. The predicted octanol–water partition coefficient (Wildman–Crippen LogP) is 0.931. The van der Waals surface area contributed by atoms with Crippen LogP contribution in [0.3, 0.4) is 0 Å². The van der Waals surface area contributed by atoms with Crippen LogP contribution in [-0.4, -0.2) is 42.1 Å². The van der Waals surface area contributed by atoms with Crippen molar-refractivity contribution in [3.05, 3.63) is 0 Å². The lowest BCUT2D eigenvalue weighted by molar-refractivity contribution is -0.123. The van der Waals surface area contributed by atoms with Gasteiger partial charge in [-0.1, -0.05) is 13.8 Å². The maximum Gasteiger partial charge on any atom is 0.149 e. The minimum Gasteiger partial charge on any atom is -0.302 e. The molecule has 3 aliphatic rings. The van der Waals surface area contributed by atoms with Crippen LogP contribution in [0.25, 0.3) is 0 Å². The second-order valence-corrected chi connectivity index (χ2v) is 5.92. The van der Waals surface area contributed by atoms with E-state index in [0.29, 0.717) is 30.5 Å². The number of piperidine rings is 1. The van der Waals surface area contributed by atoms with Crippen molar-refractivity contribution in [1.82, 2.24) is 15.5 Å². The molecule has 0 saturated carbocycles. The summed E-state index contributed by atoms with van der Waals surface area (Å²) in [6, 6.07) is 0.172. The molecular formula is C14H25N3O. The van der Waals surface area contributed by atoms with Gasteiger partial charge in [0, 0.05) is 6.42 Å². The van der Waals surface area contributed by atoms with E-state index < -0.39 is 0 Å². The lowest BCUT2D eigenvalue weighted by Crippen LogP contribution is -2.52. The van der Waals surface area contributed by atoms with E-state index in [2.05, 4.69) is 22.5 Å². The van der Waals surface area contributed by atoms with Crippen molar-refractivity contribution in [1.29, 1.82) is 0 Å². The van der Waals surface area contributed by atoms with Crippen LogP contribution in [0.5, 0.6) is 0 Å². The van der Waals surface area contributed by atoms with E-state index in [-0.39, 0.29) is 6.04 Å². The molecule has 0 aromatic heterocycles. The van der Waals surface area contributed by atoms with Crippen LogP contribution in [0, 0.1) is 11.8 Å². The standard InChI is InChI=1S/C14H25N3O/c1-3-12(18)11-8-10-9-6-5-7-15-13(9)16-14(10)17(11)4-2/h9-11,13-16H,3-8H2,1-2H3. The van der Waals surface area contributed by atoms with Crippen LogP contribution in [0.4, 0.5) is 0 Å². The number of carbonyl (C=O) groups excluding carboxylic acids is 1. The molecule has 3 rings (SSSR count). The van der Waals surface area contributed by atoms with Crippen LogP contribution in [0.1, 0.15) is 39.5 Å². The summed E-state index contributed by atoms with van der Waals surface area (Å²) in [7, 11) is 0. The first-order chi connectivity index (χ1) is 8.76. The molecule has 0 bridgehead atoms. The number of nitrogens with zero attached hydrogens (tertiary/aromatic N) is 1. The zero-order valence-corrected chi connectivity index (χ0v) is 11.5. The van der Waals surface area contributed by atoms with E-state index in [4.69, 9.17) is 0 Å². The highest BCUT2D eigenvalue weighted by molar-refractivity contribution is 5.84. The number of hydrogen-bond acceptors (Lipinski definition) is 4. The Hall–Kier alpha value is -0.450. The minimum atomic E-state index is 0.172. The Morgan fingerprint density at radius 3 is 2.89 bits per heavy atom. The maximum absolute atomic E-state index is 12.1. The Morgan fingerprint density at radius 2 is 2.17 bits per heavy atom. The molecule has 0 aliphatic carbocycles. The van der Waals surface area contributed by atoms with Crippen molar-refractivity contribution < 1.29 is 4.79 Å². The largest absolute Gasteiger partial charge is 0.302 e. The molecule has 3 saturated heterocycles. The lowest BCUT2D eigenvalue weighted by Gasteiger charge is -2.31. The number of nitrogens with one attached hydrogen (secondary N) is 2. The molecule has 3 aliphatic heterocycles. The summed E-state index contributed by atoms with van der Waals surface area (Å²) in [4.78, 5) is 14.5. The van der Waals surface area contributed by atoms with Gasteiger partial charge in [0.2, 0.25) is 0 Å². The number of ketones is 1. The van der Waals surface area contributed by atoms with Gasteiger partial charge in [-0.05, 0) is 44.2 Å². The Balaban J connectivity index is 1.78. The first-order valence-corrected chi connectivity index (χ1v) is 7.54. The number of likely N-dealkylation sites (tertiary alicyclic amines) is 1. The summed E-state index contributed by atoms with van der Waals surface area (Å²) in [5, 5.41) is 7.32. The third-order valence-electron chi connectivity index (χ3n) is 5.15. The number of likely N-dealkylation sites (N-methyl/N-ethyl adjacent to an activating group) is 1. The molecule has 0 radical (unpaired) electrons. The molecule has 4 heteroatoms. The molecule has 2 N–H and O–H groups in total. The number of rotatable bonds is 3. The Morgan fingerprint density at radius 1 is 1.33 bits per heavy atom. The number of hydrogen-bond donors (Lipinski definition) is 2. The fourth-order valence-electron chi connectivity index (χ4n) is 4.30. The van der Waals surface area contributed by atoms with Crippen molar-refractivity contribution in [2.24, 2.45) is 11.8 Å². The molecule has 0 aromatic carbocycles. The molecule has 0 spiro atoms. The Kier molecular flexibility index (Phi) is 3.43. The smallest absolute Gasteiger partial charge is 0.149 e. The average molecular weight is 251 g/mol. The SMILES string of the molecule is CCC(=O)C1CC2C3CCCNC3NC2N1CC. The van der Waals surface area contributed by atoms with Crippen LogP contribution in [0.15, 0.2) is 0 Å². The molecule has 0 amide bonds. The van der Waals surface area contributed by atoms with E-state index in [1.807, 2.05) is 6.92 Å². The van der Waals surface area contributed by atoms with Crippen molar-refractivity contribution in [2.45, 2.75) is 57.9 Å². The summed E-state index contributed by atoms with van der Waals surface area (Å²) in [5.41, 5.74) is 0. The van der Waals surface area contributed by atoms with Gasteiger partial charge in [-0.15, -0.1) is 0 Å². The molecule has 4 nitrogen and oxygen atoms in total. The topological polar surface area (TPSA) is 44.4 Å². The quantitative estimate of drug-likeness (QED) is 0.783. The van der Waals surface area contributed by atoms with Gasteiger partial charge < -0.3 is 5.32 Å². The van der Waals surface area contributed by atoms with Gasteiger partial charge in [0.15, 0.2) is 0 Å². The monoisotopic (exact) mass is 251 g/mol. The Bertz CT molecular complexity index is 333. The zero-order valence-electron chi connectivity index (χ0n) is 11.5. The molecule has 5 atom stereocenters. The highest BCUT2D eigenvalue weighted by atomic mass is 16.1. The van der Waals surface area contributed by atoms with Crippen molar-refractivity contribution >= 4 is 5.78 Å². The molecule has 0 aromatic rings. The molecular weight excluding hydrogens is 226 g/mol. The van der Waals surface area contributed by atoms with Gasteiger partial charge >= 0.3 is 0 Å². The van der Waals surface area contributed by atoms with Crippen LogP contribution in [0.2, 0.25) is 0 Å². The fraction of sp³-hybridized carbons (Fsp3) is 0.929. The van der Waals surface area contributed by atoms with Crippen molar-refractivity contribution in [3.63, 3.8) is 0 Å². The van der Waals surface area contributed by atoms with Gasteiger partial charge in [0.25, 0.3) is 0 Å². The summed E-state index contributed by atoms with van der Waals surface area (Å²) in [6.07, 6.45) is 5.26. The lowest BCUT2D eigenvalue weighted by atomic mass is 9.84. The summed E-state index contributed by atoms with van der Waals surface area (Å²) in [5.74, 6) is 1.82. The van der Waals surface area contributed by atoms with E-state index in [1.165, 1.54) is 12.8 Å². The summed E-state index contributed by atoms with van der Waals surface area (Å²) in [6.45, 7) is 6.28. The van der Waals surface area contributed by atoms with Crippen LogP contribution >= 0.6 is 0 Å². The second-order valence-electron chi connectivity index (χ2n) is 5.92. The summed E-state index contributed by atoms with van der Waals surface area (Å²) < 4.78 is 0. The molecule has 5 unspecified atom stereocenters.